The Morgan fingerprint density at radius 1 is 1.11 bits per heavy atom. The number of rotatable bonds is 6. The van der Waals surface area contributed by atoms with E-state index in [1.165, 1.54) is 6.07 Å². The van der Waals surface area contributed by atoms with Crippen molar-refractivity contribution >= 4 is 0 Å². The minimum absolute atomic E-state index is 0.0665. The van der Waals surface area contributed by atoms with Crippen molar-refractivity contribution in [2.75, 3.05) is 0 Å². The number of halogens is 3. The van der Waals surface area contributed by atoms with Gasteiger partial charge in [0.2, 0.25) is 0 Å². The van der Waals surface area contributed by atoms with Crippen molar-refractivity contribution in [3.05, 3.63) is 35.1 Å². The van der Waals surface area contributed by atoms with Crippen LogP contribution in [0.1, 0.15) is 51.1 Å². The molecule has 0 radical (unpaired) electrons. The second-order valence-corrected chi connectivity index (χ2v) is 4.60. The SMILES string of the molecule is CCCCC(CC)C(N)c1ccc(F)c(F)c1F. The zero-order valence-electron chi connectivity index (χ0n) is 10.8. The number of unbranched alkanes of at least 4 members (excludes halogenated alkanes) is 1. The Labute approximate surface area is 106 Å². The van der Waals surface area contributed by atoms with Gasteiger partial charge in [0, 0.05) is 11.6 Å². The first-order chi connectivity index (χ1) is 8.52. The summed E-state index contributed by atoms with van der Waals surface area (Å²) in [5.41, 5.74) is 6.05. The summed E-state index contributed by atoms with van der Waals surface area (Å²) in [7, 11) is 0. The molecule has 0 aromatic heterocycles. The highest BCUT2D eigenvalue weighted by Gasteiger charge is 2.23. The fourth-order valence-corrected chi connectivity index (χ4v) is 2.16. The predicted molar refractivity (Wildman–Crippen MR) is 66.6 cm³/mol. The third kappa shape index (κ3) is 3.25. The summed E-state index contributed by atoms with van der Waals surface area (Å²) >= 11 is 0. The summed E-state index contributed by atoms with van der Waals surface area (Å²) in [6.45, 7) is 4.04. The van der Waals surface area contributed by atoms with E-state index in [-0.39, 0.29) is 11.5 Å². The van der Waals surface area contributed by atoms with E-state index in [1.54, 1.807) is 0 Å². The van der Waals surface area contributed by atoms with E-state index >= 15 is 0 Å². The summed E-state index contributed by atoms with van der Waals surface area (Å²) in [6, 6.07) is 1.59. The van der Waals surface area contributed by atoms with Crippen LogP contribution in [0.3, 0.4) is 0 Å². The number of hydrogen-bond acceptors (Lipinski definition) is 1. The van der Waals surface area contributed by atoms with E-state index in [0.717, 1.165) is 31.7 Å². The normalized spacial score (nSPS) is 14.6. The molecule has 4 heteroatoms. The van der Waals surface area contributed by atoms with Crippen LogP contribution in [0.4, 0.5) is 13.2 Å². The van der Waals surface area contributed by atoms with Gasteiger partial charge in [0.25, 0.3) is 0 Å². The minimum Gasteiger partial charge on any atom is -0.324 e. The summed E-state index contributed by atoms with van der Waals surface area (Å²) < 4.78 is 39.7. The van der Waals surface area contributed by atoms with Crippen molar-refractivity contribution in [3.63, 3.8) is 0 Å². The van der Waals surface area contributed by atoms with Gasteiger partial charge in [-0.1, -0.05) is 39.2 Å². The molecule has 1 rings (SSSR count). The lowest BCUT2D eigenvalue weighted by Crippen LogP contribution is -2.23. The summed E-state index contributed by atoms with van der Waals surface area (Å²) in [6.07, 6.45) is 3.69. The standard InChI is InChI=1S/C14H20F3N/c1-3-5-6-9(4-2)14(18)10-7-8-11(15)13(17)12(10)16/h7-9,14H,3-6,18H2,1-2H3. The highest BCUT2D eigenvalue weighted by molar-refractivity contribution is 5.24. The van der Waals surface area contributed by atoms with E-state index in [4.69, 9.17) is 5.73 Å². The lowest BCUT2D eigenvalue weighted by atomic mass is 9.87. The van der Waals surface area contributed by atoms with E-state index in [0.29, 0.717) is 0 Å². The van der Waals surface area contributed by atoms with Crippen LogP contribution >= 0.6 is 0 Å². The molecule has 1 nitrogen and oxygen atoms in total. The van der Waals surface area contributed by atoms with Crippen LogP contribution in [0, 0.1) is 23.4 Å². The molecule has 18 heavy (non-hydrogen) atoms. The summed E-state index contributed by atoms with van der Waals surface area (Å²) in [5.74, 6) is -3.68. The average molecular weight is 259 g/mol. The molecule has 0 saturated carbocycles. The van der Waals surface area contributed by atoms with Crippen LogP contribution in [0.2, 0.25) is 0 Å². The van der Waals surface area contributed by atoms with E-state index in [9.17, 15) is 13.2 Å². The molecule has 2 atom stereocenters. The van der Waals surface area contributed by atoms with Crippen molar-refractivity contribution in [1.29, 1.82) is 0 Å². The summed E-state index contributed by atoms with van der Waals surface area (Å²) in [4.78, 5) is 0. The first-order valence-corrected chi connectivity index (χ1v) is 6.41. The molecule has 0 heterocycles. The fraction of sp³-hybridized carbons (Fsp3) is 0.571. The van der Waals surface area contributed by atoms with Gasteiger partial charge in [-0.05, 0) is 18.4 Å². The number of benzene rings is 1. The van der Waals surface area contributed by atoms with Crippen LogP contribution in [0.5, 0.6) is 0 Å². The maximum Gasteiger partial charge on any atom is 0.194 e. The second-order valence-electron chi connectivity index (χ2n) is 4.60. The molecule has 1 aromatic rings. The Bertz CT molecular complexity index is 393. The van der Waals surface area contributed by atoms with Gasteiger partial charge in [0.1, 0.15) is 0 Å². The lowest BCUT2D eigenvalue weighted by molar-refractivity contribution is 0.359. The zero-order chi connectivity index (χ0) is 13.7. The molecule has 1 aromatic carbocycles. The number of hydrogen-bond donors (Lipinski definition) is 1. The van der Waals surface area contributed by atoms with Crippen molar-refractivity contribution < 1.29 is 13.2 Å². The Hall–Kier alpha value is -1.03. The zero-order valence-corrected chi connectivity index (χ0v) is 10.8. The van der Waals surface area contributed by atoms with E-state index in [1.807, 2.05) is 6.92 Å². The molecule has 0 saturated heterocycles. The fourth-order valence-electron chi connectivity index (χ4n) is 2.16. The third-order valence-electron chi connectivity index (χ3n) is 3.38. The Morgan fingerprint density at radius 3 is 2.33 bits per heavy atom. The van der Waals surface area contributed by atoms with E-state index in [2.05, 4.69) is 6.92 Å². The molecular weight excluding hydrogens is 239 g/mol. The summed E-state index contributed by atoms with van der Waals surface area (Å²) in [5, 5.41) is 0. The first-order valence-electron chi connectivity index (χ1n) is 6.41. The van der Waals surface area contributed by atoms with Crippen molar-refractivity contribution in [3.8, 4) is 0 Å². The molecule has 0 fully saturated rings. The third-order valence-corrected chi connectivity index (χ3v) is 3.38. The predicted octanol–water partition coefficient (Wildman–Crippen LogP) is 4.32. The van der Waals surface area contributed by atoms with Crippen LogP contribution in [0.15, 0.2) is 12.1 Å². The van der Waals surface area contributed by atoms with Crippen molar-refractivity contribution in [2.24, 2.45) is 11.7 Å². The van der Waals surface area contributed by atoms with Crippen LogP contribution in [0.25, 0.3) is 0 Å². The molecule has 0 aliphatic heterocycles. The molecule has 2 unspecified atom stereocenters. The van der Waals surface area contributed by atoms with Crippen molar-refractivity contribution in [1.82, 2.24) is 0 Å². The minimum atomic E-state index is -1.44. The van der Waals surface area contributed by atoms with Gasteiger partial charge >= 0.3 is 0 Å². The Morgan fingerprint density at radius 2 is 1.78 bits per heavy atom. The monoisotopic (exact) mass is 259 g/mol. The van der Waals surface area contributed by atoms with Crippen molar-refractivity contribution in [2.45, 2.75) is 45.6 Å². The maximum atomic E-state index is 13.6. The lowest BCUT2D eigenvalue weighted by Gasteiger charge is -2.23. The van der Waals surface area contributed by atoms with Crippen LogP contribution in [-0.2, 0) is 0 Å². The highest BCUT2D eigenvalue weighted by Crippen LogP contribution is 2.29. The van der Waals surface area contributed by atoms with Gasteiger partial charge in [-0.3, -0.25) is 0 Å². The molecule has 2 N–H and O–H groups in total. The quantitative estimate of drug-likeness (QED) is 0.756. The van der Waals surface area contributed by atoms with Gasteiger partial charge in [0.05, 0.1) is 0 Å². The maximum absolute atomic E-state index is 13.6. The molecule has 0 aliphatic rings. The molecule has 0 aliphatic carbocycles. The second kappa shape index (κ2) is 6.78. The van der Waals surface area contributed by atoms with Crippen LogP contribution in [-0.4, -0.2) is 0 Å². The molecule has 0 spiro atoms. The Kier molecular flexibility index (Phi) is 5.66. The van der Waals surface area contributed by atoms with Crippen LogP contribution < -0.4 is 5.73 Å². The molecule has 0 bridgehead atoms. The smallest absolute Gasteiger partial charge is 0.194 e. The van der Waals surface area contributed by atoms with Gasteiger partial charge in [0.15, 0.2) is 17.5 Å². The van der Waals surface area contributed by atoms with E-state index < -0.39 is 23.5 Å². The average Bonchev–Trinajstić information content (AvgIpc) is 2.37. The van der Waals surface area contributed by atoms with Gasteiger partial charge in [-0.2, -0.15) is 0 Å². The Balaban J connectivity index is 2.94. The first kappa shape index (κ1) is 15.0. The van der Waals surface area contributed by atoms with Gasteiger partial charge in [-0.15, -0.1) is 0 Å². The largest absolute Gasteiger partial charge is 0.324 e. The highest BCUT2D eigenvalue weighted by atomic mass is 19.2. The number of nitrogens with two attached hydrogens (primary N) is 1. The topological polar surface area (TPSA) is 26.0 Å². The van der Waals surface area contributed by atoms with Gasteiger partial charge in [-0.25, -0.2) is 13.2 Å². The van der Waals surface area contributed by atoms with Gasteiger partial charge < -0.3 is 5.73 Å². The molecule has 102 valence electrons. The molecule has 0 amide bonds. The molecular formula is C14H20F3N.